The van der Waals surface area contributed by atoms with Gasteiger partial charge in [-0.15, -0.1) is 9.67 Å². The van der Waals surface area contributed by atoms with Crippen LogP contribution in [-0.4, -0.2) is 58.4 Å². The summed E-state index contributed by atoms with van der Waals surface area (Å²) in [6.07, 6.45) is -2.02. The van der Waals surface area contributed by atoms with Crippen LogP contribution in [0, 0.1) is 0 Å². The minimum Gasteiger partial charge on any atom is -0.366 e. The number of fused-ring (bicyclic) bond motifs is 1. The number of nitrogens with zero attached hydrogens (tertiary/aromatic N) is 7. The maximum absolute atomic E-state index is 13.0. The number of nitrogen functional groups attached to an aromatic ring is 1. The van der Waals surface area contributed by atoms with Crippen LogP contribution >= 0.6 is 0 Å². The van der Waals surface area contributed by atoms with Crippen LogP contribution in [0.2, 0.25) is 0 Å². The Balaban J connectivity index is 1.57. The molecule has 0 saturated carbocycles. The smallest absolute Gasteiger partial charge is 0.366 e. The highest BCUT2D eigenvalue weighted by Crippen LogP contribution is 2.31. The average Bonchev–Trinajstić information content (AvgIpc) is 3.50. The maximum Gasteiger partial charge on any atom is 0.449 e. The van der Waals surface area contributed by atoms with Crippen molar-refractivity contribution in [1.82, 2.24) is 29.4 Å². The molecule has 1 unspecified atom stereocenters. The highest BCUT2D eigenvalue weighted by atomic mass is 19.4. The first-order valence-corrected chi connectivity index (χ1v) is 11.8. The van der Waals surface area contributed by atoms with E-state index >= 15 is 0 Å². The van der Waals surface area contributed by atoms with E-state index in [0.29, 0.717) is 27.7 Å². The molecular weight excluding hydrogens is 542 g/mol. The topological polar surface area (TPSA) is 107 Å². The van der Waals surface area contributed by atoms with Crippen LogP contribution in [0.4, 0.5) is 32.3 Å². The maximum atomic E-state index is 13.0. The van der Waals surface area contributed by atoms with Crippen LogP contribution in [0.15, 0.2) is 55.0 Å². The monoisotopic (exact) mass is 561 g/mol. The number of anilines is 1. The molecule has 0 bridgehead atoms. The number of rotatable bonds is 6. The van der Waals surface area contributed by atoms with Gasteiger partial charge in [0, 0.05) is 18.0 Å². The lowest BCUT2D eigenvalue weighted by Gasteiger charge is -2.16. The van der Waals surface area contributed by atoms with Gasteiger partial charge in [0.1, 0.15) is 11.3 Å². The fourth-order valence-corrected chi connectivity index (χ4v) is 4.28. The zero-order valence-corrected chi connectivity index (χ0v) is 20.6. The van der Waals surface area contributed by atoms with Gasteiger partial charge in [-0.2, -0.15) is 36.4 Å². The standard InChI is InChI=1S/C25H19F6N8O/c1-2-18(14-3-5-20(33-9-14)25(29,30)31)38-12-17(10-34-38)16-7-19(39-21(8-16)35-23(32)36-39)15-4-6-22(40)37(11-15)13-24(26,27)28/h3-10,12,18H,2,13H2,1H3,(H2,32,36)/q+1. The normalized spacial score (nSPS) is 14.9. The van der Waals surface area contributed by atoms with E-state index < -0.39 is 36.5 Å². The summed E-state index contributed by atoms with van der Waals surface area (Å²) in [7, 11) is 0. The van der Waals surface area contributed by atoms with E-state index in [4.69, 9.17) is 5.73 Å². The van der Waals surface area contributed by atoms with Gasteiger partial charge in [-0.05, 0) is 41.8 Å². The molecule has 0 radical (unpaired) electrons. The van der Waals surface area contributed by atoms with E-state index in [1.165, 1.54) is 22.9 Å². The van der Waals surface area contributed by atoms with E-state index in [2.05, 4.69) is 26.0 Å². The molecule has 206 valence electrons. The van der Waals surface area contributed by atoms with Crippen molar-refractivity contribution in [2.45, 2.75) is 31.7 Å². The van der Waals surface area contributed by atoms with E-state index in [0.717, 1.165) is 18.3 Å². The Morgan fingerprint density at radius 2 is 1.85 bits per heavy atom. The zero-order chi connectivity index (χ0) is 28.8. The van der Waals surface area contributed by atoms with Crippen molar-refractivity contribution in [3.63, 3.8) is 0 Å². The Kier molecular flexibility index (Phi) is 6.54. The number of hydrogen-bond acceptors (Lipinski definition) is 6. The molecule has 4 aromatic rings. The van der Waals surface area contributed by atoms with E-state index in [-0.39, 0.29) is 22.9 Å². The van der Waals surface area contributed by atoms with E-state index in [9.17, 15) is 31.1 Å². The van der Waals surface area contributed by atoms with Crippen LogP contribution in [0.25, 0.3) is 22.3 Å². The summed E-state index contributed by atoms with van der Waals surface area (Å²) in [6.45, 7) is 0.324. The predicted octanol–water partition coefficient (Wildman–Crippen LogP) is 4.31. The van der Waals surface area contributed by atoms with Gasteiger partial charge in [-0.1, -0.05) is 13.0 Å². The number of carbonyl (C=O) groups is 1. The molecule has 0 spiro atoms. The Hall–Kier alpha value is -4.78. The molecular formula is C25H19F6N8O+. The fraction of sp³-hybridized carbons (Fsp3) is 0.240. The van der Waals surface area contributed by atoms with Gasteiger partial charge >= 0.3 is 18.3 Å². The molecule has 2 N–H and O–H groups in total. The number of nitrogens with two attached hydrogens (primary N) is 1. The van der Waals surface area contributed by atoms with Crippen LogP contribution in [0.3, 0.4) is 0 Å². The second-order valence-corrected chi connectivity index (χ2v) is 8.88. The number of halogens is 6. The van der Waals surface area contributed by atoms with Crippen molar-refractivity contribution >= 4 is 28.9 Å². The third-order valence-corrected chi connectivity index (χ3v) is 6.08. The second-order valence-electron chi connectivity index (χ2n) is 8.88. The highest BCUT2D eigenvalue weighted by molar-refractivity contribution is 6.01. The van der Waals surface area contributed by atoms with Gasteiger partial charge in [0.05, 0.1) is 24.0 Å². The van der Waals surface area contributed by atoms with Crippen molar-refractivity contribution < 1.29 is 35.7 Å². The summed E-state index contributed by atoms with van der Waals surface area (Å²) in [5, 5.41) is 8.49. The first-order valence-electron chi connectivity index (χ1n) is 11.8. The fourth-order valence-electron chi connectivity index (χ4n) is 4.28. The summed E-state index contributed by atoms with van der Waals surface area (Å²) in [6, 6.07) is 5.08. The van der Waals surface area contributed by atoms with Crippen molar-refractivity contribution in [3.8, 4) is 11.1 Å². The summed E-state index contributed by atoms with van der Waals surface area (Å²) < 4.78 is 81.1. The van der Waals surface area contributed by atoms with Gasteiger partial charge in [0.25, 0.3) is 6.54 Å². The number of carbonyl (C=O) groups excluding carboxylic acids is 1. The molecule has 4 aromatic heterocycles. The largest absolute Gasteiger partial charge is 0.449 e. The van der Waals surface area contributed by atoms with E-state index in [1.807, 2.05) is 6.92 Å². The molecule has 40 heavy (non-hydrogen) atoms. The van der Waals surface area contributed by atoms with E-state index in [1.54, 1.807) is 23.0 Å². The summed E-state index contributed by atoms with van der Waals surface area (Å²) in [4.78, 5) is 19.7. The molecule has 0 fully saturated rings. The summed E-state index contributed by atoms with van der Waals surface area (Å²) in [5.41, 5.74) is 7.09. The molecule has 0 saturated heterocycles. The number of hydrogen-bond donors (Lipinski definition) is 1. The summed E-state index contributed by atoms with van der Waals surface area (Å²) in [5.74, 6) is 1.52. The van der Waals surface area contributed by atoms with Gasteiger partial charge in [-0.25, -0.2) is 9.31 Å². The van der Waals surface area contributed by atoms with Crippen LogP contribution in [-0.2, 0) is 11.0 Å². The van der Waals surface area contributed by atoms with Crippen molar-refractivity contribution in [3.05, 3.63) is 72.0 Å². The molecule has 5 heterocycles. The van der Waals surface area contributed by atoms with Crippen molar-refractivity contribution in [2.24, 2.45) is 0 Å². The second kappa shape index (κ2) is 9.75. The first kappa shape index (κ1) is 26.8. The Morgan fingerprint density at radius 3 is 2.50 bits per heavy atom. The number of aromatic nitrogens is 6. The van der Waals surface area contributed by atoms with Gasteiger partial charge in [0.2, 0.25) is 5.95 Å². The van der Waals surface area contributed by atoms with Gasteiger partial charge in [-0.3, -0.25) is 9.67 Å². The van der Waals surface area contributed by atoms with Gasteiger partial charge in [0.15, 0.2) is 11.5 Å². The first-order chi connectivity index (χ1) is 18.8. The number of alkyl halides is 6. The molecule has 1 atom stereocenters. The summed E-state index contributed by atoms with van der Waals surface area (Å²) >= 11 is 0. The minimum absolute atomic E-state index is 0.0847. The van der Waals surface area contributed by atoms with Crippen molar-refractivity contribution in [2.75, 3.05) is 12.3 Å². The Bertz CT molecular complexity index is 1710. The Morgan fingerprint density at radius 1 is 1.07 bits per heavy atom. The molecule has 9 nitrogen and oxygen atoms in total. The third kappa shape index (κ3) is 5.36. The molecule has 0 aromatic carbocycles. The molecule has 1 aliphatic rings. The average molecular weight is 561 g/mol. The lowest BCUT2D eigenvalue weighted by atomic mass is 10.0. The van der Waals surface area contributed by atoms with Gasteiger partial charge < -0.3 is 5.73 Å². The highest BCUT2D eigenvalue weighted by Gasteiger charge is 2.38. The predicted molar refractivity (Wildman–Crippen MR) is 130 cm³/mol. The van der Waals surface area contributed by atoms with Crippen molar-refractivity contribution in [1.29, 1.82) is 0 Å². The molecule has 1 aliphatic heterocycles. The van der Waals surface area contributed by atoms with Crippen LogP contribution in [0.1, 0.15) is 36.3 Å². The van der Waals surface area contributed by atoms with Crippen LogP contribution < -0.4 is 5.73 Å². The quantitative estimate of drug-likeness (QED) is 0.278. The number of amides is 1. The lowest BCUT2D eigenvalue weighted by molar-refractivity contribution is -0.477. The molecule has 15 heteroatoms. The Labute approximate surface area is 221 Å². The SMILES string of the molecule is CCC(c1ccc(C(F)(F)F)nc1)n1cc(-c2cc(C3=C=[N+](CC(F)(F)F)C(=O)C=C3)n3nc(N)nc3c2)cn1. The third-order valence-electron chi connectivity index (χ3n) is 6.08. The van der Waals surface area contributed by atoms with Crippen LogP contribution in [0.5, 0.6) is 0 Å². The number of allylic oxidation sites excluding steroid dienone is 2. The number of pyridine rings is 2. The lowest BCUT2D eigenvalue weighted by Crippen LogP contribution is -2.31. The minimum atomic E-state index is -4.64. The molecule has 5 rings (SSSR count). The molecule has 0 aliphatic carbocycles. The molecule has 1 amide bonds. The zero-order valence-electron chi connectivity index (χ0n) is 20.6.